The maximum absolute atomic E-state index is 5.36. The molecule has 1 fully saturated rings. The van der Waals surface area contributed by atoms with Crippen molar-refractivity contribution in [1.82, 2.24) is 14.9 Å². The lowest BCUT2D eigenvalue weighted by molar-refractivity contribution is 0.294. The van der Waals surface area contributed by atoms with Gasteiger partial charge in [0.15, 0.2) is 0 Å². The zero-order valence-electron chi connectivity index (χ0n) is 11.9. The van der Waals surface area contributed by atoms with Crippen LogP contribution in [-0.4, -0.2) is 47.7 Å². The van der Waals surface area contributed by atoms with Gasteiger partial charge in [-0.3, -0.25) is 0 Å². The first-order chi connectivity index (χ1) is 9.28. The molecule has 1 aromatic rings. The third-order valence-electron chi connectivity index (χ3n) is 3.33. The molecular formula is C14H24N4O. The Morgan fingerprint density at radius 1 is 1.37 bits per heavy atom. The third-order valence-corrected chi connectivity index (χ3v) is 3.33. The second-order valence-corrected chi connectivity index (χ2v) is 5.17. The Labute approximate surface area is 115 Å². The molecule has 0 spiro atoms. The Hall–Kier alpha value is -1.36. The van der Waals surface area contributed by atoms with Crippen LogP contribution in [0.1, 0.15) is 26.7 Å². The Bertz CT molecular complexity index is 379. The van der Waals surface area contributed by atoms with Crippen LogP contribution in [0.4, 0.5) is 5.82 Å². The Balaban J connectivity index is 1.75. The Morgan fingerprint density at radius 2 is 2.16 bits per heavy atom. The van der Waals surface area contributed by atoms with E-state index >= 15 is 0 Å². The Kier molecular flexibility index (Phi) is 5.39. The van der Waals surface area contributed by atoms with Gasteiger partial charge in [-0.2, -0.15) is 0 Å². The van der Waals surface area contributed by atoms with Gasteiger partial charge < -0.3 is 15.0 Å². The van der Waals surface area contributed by atoms with Gasteiger partial charge in [0.05, 0.1) is 6.61 Å². The van der Waals surface area contributed by atoms with E-state index in [1.54, 1.807) is 6.33 Å². The van der Waals surface area contributed by atoms with Crippen LogP contribution in [0.5, 0.6) is 5.88 Å². The summed E-state index contributed by atoms with van der Waals surface area (Å²) in [5, 5.41) is 3.36. The number of anilines is 1. The third kappa shape index (κ3) is 4.67. The van der Waals surface area contributed by atoms with Crippen LogP contribution in [0, 0.1) is 5.92 Å². The van der Waals surface area contributed by atoms with Crippen molar-refractivity contribution in [2.24, 2.45) is 5.92 Å². The Morgan fingerprint density at radius 3 is 2.89 bits per heavy atom. The zero-order chi connectivity index (χ0) is 13.5. The van der Waals surface area contributed by atoms with Gasteiger partial charge in [-0.1, -0.05) is 6.92 Å². The van der Waals surface area contributed by atoms with E-state index in [-0.39, 0.29) is 0 Å². The summed E-state index contributed by atoms with van der Waals surface area (Å²) in [5.74, 6) is 2.09. The van der Waals surface area contributed by atoms with Crippen LogP contribution >= 0.6 is 0 Å². The molecule has 1 atom stereocenters. The molecule has 5 heteroatoms. The summed E-state index contributed by atoms with van der Waals surface area (Å²) in [6.07, 6.45) is 4.24. The molecule has 1 unspecified atom stereocenters. The van der Waals surface area contributed by atoms with Crippen molar-refractivity contribution in [2.45, 2.75) is 26.7 Å². The van der Waals surface area contributed by atoms with Crippen LogP contribution in [-0.2, 0) is 0 Å². The number of ether oxygens (including phenoxy) is 1. The number of nitrogens with one attached hydrogen (secondary N) is 1. The van der Waals surface area contributed by atoms with Gasteiger partial charge in [-0.15, -0.1) is 0 Å². The van der Waals surface area contributed by atoms with Crippen LogP contribution in [0.15, 0.2) is 12.4 Å². The number of hydrogen-bond donors (Lipinski definition) is 1. The van der Waals surface area contributed by atoms with E-state index in [4.69, 9.17) is 4.74 Å². The molecule has 2 heterocycles. The molecule has 1 aliphatic rings. The molecule has 5 nitrogen and oxygen atoms in total. The zero-order valence-corrected chi connectivity index (χ0v) is 11.9. The van der Waals surface area contributed by atoms with E-state index in [0.29, 0.717) is 18.4 Å². The minimum atomic E-state index is 0.614. The van der Waals surface area contributed by atoms with E-state index in [0.717, 1.165) is 18.9 Å². The van der Waals surface area contributed by atoms with Crippen LogP contribution < -0.4 is 10.1 Å². The van der Waals surface area contributed by atoms with E-state index < -0.39 is 0 Å². The molecule has 19 heavy (non-hydrogen) atoms. The van der Waals surface area contributed by atoms with Crippen molar-refractivity contribution in [1.29, 1.82) is 0 Å². The fraction of sp³-hybridized carbons (Fsp3) is 0.714. The maximum Gasteiger partial charge on any atom is 0.218 e. The summed E-state index contributed by atoms with van der Waals surface area (Å²) in [7, 11) is 0. The van der Waals surface area contributed by atoms with Gasteiger partial charge in [-0.05, 0) is 38.8 Å². The summed E-state index contributed by atoms with van der Waals surface area (Å²) in [6.45, 7) is 9.46. The average Bonchev–Trinajstić information content (AvgIpc) is 2.90. The quantitative estimate of drug-likeness (QED) is 0.816. The molecular weight excluding hydrogens is 240 g/mol. The molecule has 1 aliphatic heterocycles. The summed E-state index contributed by atoms with van der Waals surface area (Å²) in [4.78, 5) is 10.8. The van der Waals surface area contributed by atoms with E-state index in [2.05, 4.69) is 27.1 Å². The summed E-state index contributed by atoms with van der Waals surface area (Å²) >= 11 is 0. The first kappa shape index (κ1) is 14.1. The number of aromatic nitrogens is 2. The lowest BCUT2D eigenvalue weighted by Crippen LogP contribution is -2.29. The first-order valence-electron chi connectivity index (χ1n) is 7.19. The van der Waals surface area contributed by atoms with Crippen LogP contribution in [0.2, 0.25) is 0 Å². The van der Waals surface area contributed by atoms with E-state index in [1.807, 2.05) is 13.0 Å². The SMILES string of the molecule is CCOc1cc(NCC(C)CN2CCCC2)ncn1. The molecule has 1 N–H and O–H groups in total. The van der Waals surface area contributed by atoms with Crippen molar-refractivity contribution in [3.8, 4) is 5.88 Å². The van der Waals surface area contributed by atoms with Crippen molar-refractivity contribution in [3.63, 3.8) is 0 Å². The molecule has 0 saturated carbocycles. The van der Waals surface area contributed by atoms with Gasteiger partial charge in [0.25, 0.3) is 0 Å². The highest BCUT2D eigenvalue weighted by atomic mass is 16.5. The second kappa shape index (κ2) is 7.28. The molecule has 0 aliphatic carbocycles. The fourth-order valence-corrected chi connectivity index (χ4v) is 2.41. The predicted octanol–water partition coefficient (Wildman–Crippen LogP) is 2.02. The predicted molar refractivity (Wildman–Crippen MR) is 76.5 cm³/mol. The van der Waals surface area contributed by atoms with Gasteiger partial charge in [0, 0.05) is 19.2 Å². The highest BCUT2D eigenvalue weighted by molar-refractivity contribution is 5.36. The number of nitrogens with zero attached hydrogens (tertiary/aromatic N) is 3. The summed E-state index contributed by atoms with van der Waals surface area (Å²) in [5.41, 5.74) is 0. The highest BCUT2D eigenvalue weighted by Crippen LogP contribution is 2.13. The van der Waals surface area contributed by atoms with E-state index in [1.165, 1.54) is 25.9 Å². The van der Waals surface area contributed by atoms with E-state index in [9.17, 15) is 0 Å². The standard InChI is InChI=1S/C14H24N4O/c1-3-19-14-8-13(16-11-17-14)15-9-12(2)10-18-6-4-5-7-18/h8,11-12H,3-7,9-10H2,1-2H3,(H,15,16,17). The molecule has 0 radical (unpaired) electrons. The van der Waals surface area contributed by atoms with Gasteiger partial charge in [-0.25, -0.2) is 9.97 Å². The second-order valence-electron chi connectivity index (χ2n) is 5.17. The largest absolute Gasteiger partial charge is 0.478 e. The monoisotopic (exact) mass is 264 g/mol. The lowest BCUT2D eigenvalue weighted by Gasteiger charge is -2.20. The average molecular weight is 264 g/mol. The maximum atomic E-state index is 5.36. The molecule has 0 aromatic carbocycles. The lowest BCUT2D eigenvalue weighted by atomic mass is 10.1. The van der Waals surface area contributed by atoms with Crippen LogP contribution in [0.25, 0.3) is 0 Å². The van der Waals surface area contributed by atoms with Gasteiger partial charge in [0.1, 0.15) is 12.1 Å². The molecule has 1 saturated heterocycles. The molecule has 0 bridgehead atoms. The normalized spacial score (nSPS) is 17.4. The number of rotatable bonds is 7. The minimum absolute atomic E-state index is 0.614. The van der Waals surface area contributed by atoms with Crippen molar-refractivity contribution in [3.05, 3.63) is 12.4 Å². The van der Waals surface area contributed by atoms with Gasteiger partial charge in [0.2, 0.25) is 5.88 Å². The summed E-state index contributed by atoms with van der Waals surface area (Å²) in [6, 6.07) is 1.85. The number of likely N-dealkylation sites (tertiary alicyclic amines) is 1. The number of hydrogen-bond acceptors (Lipinski definition) is 5. The fourth-order valence-electron chi connectivity index (χ4n) is 2.41. The molecule has 106 valence electrons. The van der Waals surface area contributed by atoms with Crippen molar-refractivity contribution >= 4 is 5.82 Å². The van der Waals surface area contributed by atoms with Crippen LogP contribution in [0.3, 0.4) is 0 Å². The van der Waals surface area contributed by atoms with Crippen molar-refractivity contribution in [2.75, 3.05) is 38.1 Å². The molecule has 2 rings (SSSR count). The smallest absolute Gasteiger partial charge is 0.218 e. The molecule has 1 aromatic heterocycles. The summed E-state index contributed by atoms with van der Waals surface area (Å²) < 4.78 is 5.36. The van der Waals surface area contributed by atoms with Crippen molar-refractivity contribution < 1.29 is 4.74 Å². The topological polar surface area (TPSA) is 50.3 Å². The highest BCUT2D eigenvalue weighted by Gasteiger charge is 2.14. The van der Waals surface area contributed by atoms with Gasteiger partial charge >= 0.3 is 0 Å². The first-order valence-corrected chi connectivity index (χ1v) is 7.19. The minimum Gasteiger partial charge on any atom is -0.478 e. The molecule has 0 amide bonds.